The van der Waals surface area contributed by atoms with E-state index in [0.29, 0.717) is 5.92 Å². The molecule has 0 heterocycles. The number of hydrogen-bond donors (Lipinski definition) is 0. The number of hydrogen-bond acceptors (Lipinski definition) is 0. The Labute approximate surface area is 93.4 Å². The van der Waals surface area contributed by atoms with Gasteiger partial charge in [-0.2, -0.15) is 0 Å². The van der Waals surface area contributed by atoms with Crippen LogP contribution in [0.3, 0.4) is 0 Å². The summed E-state index contributed by atoms with van der Waals surface area (Å²) in [4.78, 5) is 0. The summed E-state index contributed by atoms with van der Waals surface area (Å²) >= 11 is 9.42. The fraction of sp³-hybridized carbons (Fsp3) is 0.455. The Morgan fingerprint density at radius 2 is 2.15 bits per heavy atom. The van der Waals surface area contributed by atoms with Gasteiger partial charge in [-0.15, -0.1) is 0 Å². The first-order valence-electron chi connectivity index (χ1n) is 4.44. The molecule has 1 atom stereocenters. The molecular formula is C11H14BrCl. The predicted molar refractivity (Wildman–Crippen MR) is 62.9 cm³/mol. The van der Waals surface area contributed by atoms with E-state index in [-0.39, 0.29) is 0 Å². The lowest BCUT2D eigenvalue weighted by Crippen LogP contribution is -2.00. The van der Waals surface area contributed by atoms with Crippen molar-refractivity contribution in [3.8, 4) is 0 Å². The van der Waals surface area contributed by atoms with Gasteiger partial charge in [0.25, 0.3) is 0 Å². The van der Waals surface area contributed by atoms with Gasteiger partial charge in [-0.05, 0) is 36.5 Å². The topological polar surface area (TPSA) is 0 Å². The lowest BCUT2D eigenvalue weighted by atomic mass is 10.0. The van der Waals surface area contributed by atoms with E-state index in [0.717, 1.165) is 16.8 Å². The van der Waals surface area contributed by atoms with Gasteiger partial charge < -0.3 is 0 Å². The minimum absolute atomic E-state index is 0.681. The maximum Gasteiger partial charge on any atom is 0.0435 e. The second kappa shape index (κ2) is 5.02. The zero-order valence-electron chi connectivity index (χ0n) is 7.98. The standard InChI is InChI=1S/C11H14BrCl/c1-8(7-12)5-10-3-4-11(13)9(2)6-10/h3-4,6,8H,5,7H2,1-2H3. The third-order valence-electron chi connectivity index (χ3n) is 2.07. The van der Waals surface area contributed by atoms with Gasteiger partial charge in [0.1, 0.15) is 0 Å². The summed E-state index contributed by atoms with van der Waals surface area (Å²) in [6.45, 7) is 4.28. The van der Waals surface area contributed by atoms with Crippen LogP contribution in [0.15, 0.2) is 18.2 Å². The molecule has 0 amide bonds. The molecule has 0 saturated heterocycles. The van der Waals surface area contributed by atoms with Gasteiger partial charge in [0.2, 0.25) is 0 Å². The lowest BCUT2D eigenvalue weighted by Gasteiger charge is -2.08. The predicted octanol–water partition coefficient (Wildman–Crippen LogP) is 4.22. The largest absolute Gasteiger partial charge is 0.0925 e. The van der Waals surface area contributed by atoms with Crippen LogP contribution in [0.25, 0.3) is 0 Å². The van der Waals surface area contributed by atoms with Gasteiger partial charge in [0.15, 0.2) is 0 Å². The SMILES string of the molecule is Cc1cc(CC(C)CBr)ccc1Cl. The molecule has 72 valence electrons. The van der Waals surface area contributed by atoms with Crippen LogP contribution in [-0.4, -0.2) is 5.33 Å². The number of rotatable bonds is 3. The van der Waals surface area contributed by atoms with Crippen molar-refractivity contribution in [3.05, 3.63) is 34.3 Å². The quantitative estimate of drug-likeness (QED) is 0.715. The van der Waals surface area contributed by atoms with E-state index in [2.05, 4.69) is 35.0 Å². The molecule has 0 aliphatic heterocycles. The number of benzene rings is 1. The number of alkyl halides is 1. The summed E-state index contributed by atoms with van der Waals surface area (Å²) in [5.74, 6) is 0.681. The Kier molecular flexibility index (Phi) is 4.27. The van der Waals surface area contributed by atoms with Crippen molar-refractivity contribution < 1.29 is 0 Å². The molecule has 0 N–H and O–H groups in total. The molecule has 1 aromatic rings. The van der Waals surface area contributed by atoms with Crippen LogP contribution in [0.2, 0.25) is 5.02 Å². The van der Waals surface area contributed by atoms with E-state index in [1.54, 1.807) is 0 Å². The highest BCUT2D eigenvalue weighted by molar-refractivity contribution is 9.09. The second-order valence-electron chi connectivity index (χ2n) is 3.55. The molecule has 0 aromatic heterocycles. The summed E-state index contributed by atoms with van der Waals surface area (Å²) in [6, 6.07) is 6.25. The van der Waals surface area contributed by atoms with Crippen molar-refractivity contribution in [2.75, 3.05) is 5.33 Å². The third-order valence-corrected chi connectivity index (χ3v) is 3.60. The molecule has 0 aliphatic rings. The summed E-state index contributed by atoms with van der Waals surface area (Å²) in [6.07, 6.45) is 1.11. The fourth-order valence-corrected chi connectivity index (χ4v) is 1.64. The Morgan fingerprint density at radius 3 is 2.69 bits per heavy atom. The summed E-state index contributed by atoms with van der Waals surface area (Å²) in [7, 11) is 0. The highest BCUT2D eigenvalue weighted by atomic mass is 79.9. The van der Waals surface area contributed by atoms with E-state index in [1.807, 2.05) is 13.0 Å². The van der Waals surface area contributed by atoms with Crippen LogP contribution in [0.4, 0.5) is 0 Å². The van der Waals surface area contributed by atoms with Crippen molar-refractivity contribution in [2.24, 2.45) is 5.92 Å². The van der Waals surface area contributed by atoms with E-state index < -0.39 is 0 Å². The Bertz CT molecular complexity index is 283. The lowest BCUT2D eigenvalue weighted by molar-refractivity contribution is 0.663. The molecule has 0 bridgehead atoms. The Hall–Kier alpha value is -0.0100. The molecular weight excluding hydrogens is 247 g/mol. The molecule has 2 heteroatoms. The molecule has 1 aromatic carbocycles. The van der Waals surface area contributed by atoms with Gasteiger partial charge in [-0.25, -0.2) is 0 Å². The second-order valence-corrected chi connectivity index (χ2v) is 4.60. The van der Waals surface area contributed by atoms with Gasteiger partial charge in [0, 0.05) is 10.4 Å². The number of aryl methyl sites for hydroxylation is 1. The molecule has 0 aliphatic carbocycles. The first-order valence-corrected chi connectivity index (χ1v) is 5.94. The molecule has 0 radical (unpaired) electrons. The molecule has 0 spiro atoms. The molecule has 0 fully saturated rings. The monoisotopic (exact) mass is 260 g/mol. The molecule has 0 nitrogen and oxygen atoms in total. The minimum atomic E-state index is 0.681. The van der Waals surface area contributed by atoms with Crippen molar-refractivity contribution in [1.29, 1.82) is 0 Å². The first kappa shape index (κ1) is 11.1. The van der Waals surface area contributed by atoms with E-state index in [9.17, 15) is 0 Å². The maximum absolute atomic E-state index is 5.94. The van der Waals surface area contributed by atoms with E-state index in [1.165, 1.54) is 11.1 Å². The van der Waals surface area contributed by atoms with Crippen molar-refractivity contribution in [3.63, 3.8) is 0 Å². The highest BCUT2D eigenvalue weighted by Gasteiger charge is 2.03. The zero-order valence-corrected chi connectivity index (χ0v) is 10.3. The molecule has 0 saturated carbocycles. The van der Waals surface area contributed by atoms with Crippen LogP contribution < -0.4 is 0 Å². The van der Waals surface area contributed by atoms with Gasteiger partial charge >= 0.3 is 0 Å². The van der Waals surface area contributed by atoms with Crippen LogP contribution in [0, 0.1) is 12.8 Å². The van der Waals surface area contributed by atoms with E-state index >= 15 is 0 Å². The average molecular weight is 262 g/mol. The van der Waals surface area contributed by atoms with Gasteiger partial charge in [-0.1, -0.05) is 46.6 Å². The summed E-state index contributed by atoms with van der Waals surface area (Å²) < 4.78 is 0. The van der Waals surface area contributed by atoms with Crippen molar-refractivity contribution in [2.45, 2.75) is 20.3 Å². The molecule has 1 rings (SSSR count). The maximum atomic E-state index is 5.94. The van der Waals surface area contributed by atoms with Crippen molar-refractivity contribution in [1.82, 2.24) is 0 Å². The first-order chi connectivity index (χ1) is 6.13. The summed E-state index contributed by atoms with van der Waals surface area (Å²) in [5.41, 5.74) is 2.54. The van der Waals surface area contributed by atoms with E-state index in [4.69, 9.17) is 11.6 Å². The normalized spacial score (nSPS) is 12.9. The third kappa shape index (κ3) is 3.32. The van der Waals surface area contributed by atoms with Crippen LogP contribution in [-0.2, 0) is 6.42 Å². The Morgan fingerprint density at radius 1 is 1.46 bits per heavy atom. The van der Waals surface area contributed by atoms with Crippen LogP contribution in [0.1, 0.15) is 18.1 Å². The van der Waals surface area contributed by atoms with Gasteiger partial charge in [0.05, 0.1) is 0 Å². The van der Waals surface area contributed by atoms with Crippen LogP contribution >= 0.6 is 27.5 Å². The van der Waals surface area contributed by atoms with Crippen molar-refractivity contribution >= 4 is 27.5 Å². The fourth-order valence-electron chi connectivity index (χ4n) is 1.29. The Balaban J connectivity index is 2.73. The zero-order chi connectivity index (χ0) is 9.84. The highest BCUT2D eigenvalue weighted by Crippen LogP contribution is 2.18. The average Bonchev–Trinajstić information content (AvgIpc) is 2.11. The molecule has 13 heavy (non-hydrogen) atoms. The summed E-state index contributed by atoms with van der Waals surface area (Å²) in [5, 5.41) is 1.91. The molecule has 1 unspecified atom stereocenters. The van der Waals surface area contributed by atoms with Gasteiger partial charge in [-0.3, -0.25) is 0 Å². The van der Waals surface area contributed by atoms with Crippen LogP contribution in [0.5, 0.6) is 0 Å². The minimum Gasteiger partial charge on any atom is -0.0925 e. The number of halogens is 2. The smallest absolute Gasteiger partial charge is 0.0435 e.